The van der Waals surface area contributed by atoms with E-state index in [0.29, 0.717) is 19.0 Å². The molecule has 3 rings (SSSR count). The maximum atomic E-state index is 5.91. The molecule has 0 radical (unpaired) electrons. The molecule has 134 valence electrons. The maximum absolute atomic E-state index is 5.91. The van der Waals surface area contributed by atoms with Crippen molar-refractivity contribution in [3.8, 4) is 11.5 Å². The van der Waals surface area contributed by atoms with Gasteiger partial charge in [-0.1, -0.05) is 30.3 Å². The minimum absolute atomic E-state index is 0.499. The number of nitrogens with one attached hydrogen (secondary N) is 1. The van der Waals surface area contributed by atoms with Gasteiger partial charge in [0, 0.05) is 5.38 Å². The van der Waals surface area contributed by atoms with Crippen LogP contribution in [0, 0.1) is 6.92 Å². The third-order valence-electron chi connectivity index (χ3n) is 3.50. The van der Waals surface area contributed by atoms with Gasteiger partial charge in [-0.2, -0.15) is 5.10 Å². The molecule has 0 aliphatic rings. The molecule has 0 spiro atoms. The van der Waals surface area contributed by atoms with Gasteiger partial charge in [0.25, 0.3) is 0 Å². The normalized spacial score (nSPS) is 10.8. The van der Waals surface area contributed by atoms with Crippen molar-refractivity contribution in [2.24, 2.45) is 5.10 Å². The van der Waals surface area contributed by atoms with Gasteiger partial charge in [0.05, 0.1) is 18.5 Å². The zero-order valence-electron chi connectivity index (χ0n) is 14.8. The maximum Gasteiger partial charge on any atom is 0.203 e. The summed E-state index contributed by atoms with van der Waals surface area (Å²) in [5.41, 5.74) is 5.94. The first kappa shape index (κ1) is 17.9. The Morgan fingerprint density at radius 3 is 2.69 bits per heavy atom. The van der Waals surface area contributed by atoms with Gasteiger partial charge in [0.15, 0.2) is 11.5 Å². The molecule has 6 heteroatoms. The molecule has 2 aromatic carbocycles. The minimum atomic E-state index is 0.499. The van der Waals surface area contributed by atoms with Crippen molar-refractivity contribution in [1.82, 2.24) is 4.98 Å². The van der Waals surface area contributed by atoms with Crippen LogP contribution < -0.4 is 14.9 Å². The Kier molecular flexibility index (Phi) is 6.22. The fourth-order valence-electron chi connectivity index (χ4n) is 2.30. The predicted molar refractivity (Wildman–Crippen MR) is 106 cm³/mol. The second kappa shape index (κ2) is 9.01. The Bertz CT molecular complexity index is 863. The van der Waals surface area contributed by atoms with Crippen molar-refractivity contribution in [1.29, 1.82) is 0 Å². The van der Waals surface area contributed by atoms with E-state index >= 15 is 0 Å². The summed E-state index contributed by atoms with van der Waals surface area (Å²) in [6.45, 7) is 4.97. The fourth-order valence-corrected chi connectivity index (χ4v) is 2.93. The van der Waals surface area contributed by atoms with Crippen LogP contribution in [0.3, 0.4) is 0 Å². The van der Waals surface area contributed by atoms with E-state index in [1.54, 1.807) is 6.21 Å². The van der Waals surface area contributed by atoms with Crippen LogP contribution in [0.15, 0.2) is 59.0 Å². The Morgan fingerprint density at radius 1 is 1.12 bits per heavy atom. The molecule has 0 saturated carbocycles. The van der Waals surface area contributed by atoms with Crippen molar-refractivity contribution in [3.63, 3.8) is 0 Å². The van der Waals surface area contributed by atoms with Crippen LogP contribution >= 0.6 is 11.3 Å². The molecule has 1 heterocycles. The third-order valence-corrected chi connectivity index (χ3v) is 4.36. The van der Waals surface area contributed by atoms with Crippen molar-refractivity contribution >= 4 is 22.7 Å². The van der Waals surface area contributed by atoms with E-state index < -0.39 is 0 Å². The van der Waals surface area contributed by atoms with Crippen LogP contribution in [-0.4, -0.2) is 17.8 Å². The number of hydrogen-bond donors (Lipinski definition) is 1. The Morgan fingerprint density at radius 2 is 1.96 bits per heavy atom. The van der Waals surface area contributed by atoms with Crippen molar-refractivity contribution in [2.45, 2.75) is 20.5 Å². The van der Waals surface area contributed by atoms with E-state index in [9.17, 15) is 0 Å². The number of hydrogen-bond acceptors (Lipinski definition) is 6. The molecule has 3 aromatic rings. The van der Waals surface area contributed by atoms with Crippen molar-refractivity contribution < 1.29 is 9.47 Å². The summed E-state index contributed by atoms with van der Waals surface area (Å²) in [5, 5.41) is 6.97. The number of thiazole rings is 1. The smallest absolute Gasteiger partial charge is 0.203 e. The van der Waals surface area contributed by atoms with E-state index in [1.165, 1.54) is 11.3 Å². The van der Waals surface area contributed by atoms with Crippen LogP contribution in [0.2, 0.25) is 0 Å². The summed E-state index contributed by atoms with van der Waals surface area (Å²) in [6, 6.07) is 15.8. The summed E-state index contributed by atoms with van der Waals surface area (Å²) in [4.78, 5) is 4.31. The summed E-state index contributed by atoms with van der Waals surface area (Å²) in [5.74, 6) is 1.42. The lowest BCUT2D eigenvalue weighted by Crippen LogP contribution is -2.00. The number of nitrogens with zero attached hydrogens (tertiary/aromatic N) is 2. The molecule has 0 aliphatic carbocycles. The van der Waals surface area contributed by atoms with Gasteiger partial charge in [-0.3, -0.25) is 5.43 Å². The molecular weight excluding hydrogens is 346 g/mol. The lowest BCUT2D eigenvalue weighted by atomic mass is 10.2. The Labute approximate surface area is 157 Å². The molecule has 1 N–H and O–H groups in total. The first-order valence-corrected chi connectivity index (χ1v) is 9.27. The lowest BCUT2D eigenvalue weighted by molar-refractivity contribution is 0.269. The standard InChI is InChI=1S/C20H21N3O2S/c1-3-24-19-11-17(12-21-23-20-22-15(2)14-26-20)9-10-18(19)25-13-16-7-5-4-6-8-16/h4-12,14H,3,13H2,1-2H3,(H,22,23)/b21-12+. The molecular formula is C20H21N3O2S. The Hall–Kier alpha value is -2.86. The van der Waals surface area contributed by atoms with Gasteiger partial charge in [0.1, 0.15) is 6.61 Å². The second-order valence-electron chi connectivity index (χ2n) is 5.58. The zero-order chi connectivity index (χ0) is 18.2. The largest absolute Gasteiger partial charge is 0.490 e. The molecule has 0 unspecified atom stereocenters. The van der Waals surface area contributed by atoms with Crippen LogP contribution in [0.5, 0.6) is 11.5 Å². The van der Waals surface area contributed by atoms with Gasteiger partial charge in [0.2, 0.25) is 5.13 Å². The van der Waals surface area contributed by atoms with Crippen LogP contribution in [0.1, 0.15) is 23.7 Å². The van der Waals surface area contributed by atoms with Crippen LogP contribution in [0.4, 0.5) is 5.13 Å². The van der Waals surface area contributed by atoms with E-state index in [0.717, 1.165) is 27.7 Å². The fraction of sp³-hybridized carbons (Fsp3) is 0.200. The number of rotatable bonds is 8. The minimum Gasteiger partial charge on any atom is -0.490 e. The number of anilines is 1. The van der Waals surface area contributed by atoms with Crippen molar-refractivity contribution in [2.75, 3.05) is 12.0 Å². The number of benzene rings is 2. The highest BCUT2D eigenvalue weighted by molar-refractivity contribution is 7.13. The van der Waals surface area contributed by atoms with Gasteiger partial charge in [-0.05, 0) is 43.2 Å². The molecule has 0 aliphatic heterocycles. The van der Waals surface area contributed by atoms with Crippen LogP contribution in [-0.2, 0) is 6.61 Å². The number of hydrazone groups is 1. The monoisotopic (exact) mass is 367 g/mol. The van der Waals surface area contributed by atoms with Crippen LogP contribution in [0.25, 0.3) is 0 Å². The molecule has 26 heavy (non-hydrogen) atoms. The number of aryl methyl sites for hydroxylation is 1. The second-order valence-corrected chi connectivity index (χ2v) is 6.44. The molecule has 0 fully saturated rings. The average Bonchev–Trinajstić information content (AvgIpc) is 3.07. The summed E-state index contributed by atoms with van der Waals surface area (Å²) in [6.07, 6.45) is 1.74. The average molecular weight is 367 g/mol. The molecule has 5 nitrogen and oxygen atoms in total. The highest BCUT2D eigenvalue weighted by Crippen LogP contribution is 2.29. The first-order valence-electron chi connectivity index (χ1n) is 8.39. The topological polar surface area (TPSA) is 55.7 Å². The highest BCUT2D eigenvalue weighted by Gasteiger charge is 2.06. The zero-order valence-corrected chi connectivity index (χ0v) is 15.6. The highest BCUT2D eigenvalue weighted by atomic mass is 32.1. The summed E-state index contributed by atoms with van der Waals surface area (Å²) in [7, 11) is 0. The SMILES string of the molecule is CCOc1cc(/C=N/Nc2nc(C)cs2)ccc1OCc1ccccc1. The summed E-state index contributed by atoms with van der Waals surface area (Å²) >= 11 is 1.52. The van der Waals surface area contributed by atoms with Gasteiger partial charge < -0.3 is 9.47 Å². The number of aromatic nitrogens is 1. The first-order chi connectivity index (χ1) is 12.7. The summed E-state index contributed by atoms with van der Waals surface area (Å²) < 4.78 is 11.6. The van der Waals surface area contributed by atoms with E-state index in [1.807, 2.05) is 67.8 Å². The van der Waals surface area contributed by atoms with E-state index in [-0.39, 0.29) is 0 Å². The molecule has 0 bridgehead atoms. The molecule has 1 aromatic heterocycles. The van der Waals surface area contributed by atoms with E-state index in [2.05, 4.69) is 15.5 Å². The van der Waals surface area contributed by atoms with Gasteiger partial charge >= 0.3 is 0 Å². The molecule has 0 atom stereocenters. The molecule has 0 saturated heterocycles. The molecule has 0 amide bonds. The lowest BCUT2D eigenvalue weighted by Gasteiger charge is -2.12. The number of ether oxygens (including phenoxy) is 2. The van der Waals surface area contributed by atoms with E-state index in [4.69, 9.17) is 9.47 Å². The van der Waals surface area contributed by atoms with Gasteiger partial charge in [-0.15, -0.1) is 11.3 Å². The third kappa shape index (κ3) is 5.07. The predicted octanol–water partition coefficient (Wildman–Crippen LogP) is 4.88. The van der Waals surface area contributed by atoms with Gasteiger partial charge in [-0.25, -0.2) is 4.98 Å². The quantitative estimate of drug-likeness (QED) is 0.456. The Balaban J connectivity index is 1.67. The van der Waals surface area contributed by atoms with Crippen molar-refractivity contribution in [3.05, 3.63) is 70.7 Å².